The standard InChI is InChI=1S/C13H21N3O/c1-9(2)15-13(14)16-10(3)11-5-7-12(17-4)8-6-11/h5-10H,1-4H3,(H3,14,15,16). The number of nitrogens with zero attached hydrogens (tertiary/aromatic N) is 1. The summed E-state index contributed by atoms with van der Waals surface area (Å²) in [4.78, 5) is 4.39. The number of aliphatic imine (C=N–C) groups is 1. The predicted molar refractivity (Wildman–Crippen MR) is 71.3 cm³/mol. The predicted octanol–water partition coefficient (Wildman–Crippen LogP) is 2.07. The summed E-state index contributed by atoms with van der Waals surface area (Å²) in [6.45, 7) is 6.07. The average Bonchev–Trinajstić information content (AvgIpc) is 2.28. The zero-order valence-electron chi connectivity index (χ0n) is 10.9. The Hall–Kier alpha value is -1.71. The molecular weight excluding hydrogens is 214 g/mol. The highest BCUT2D eigenvalue weighted by Gasteiger charge is 2.05. The zero-order chi connectivity index (χ0) is 12.8. The van der Waals surface area contributed by atoms with Crippen LogP contribution < -0.4 is 15.8 Å². The van der Waals surface area contributed by atoms with Crippen LogP contribution in [0.4, 0.5) is 0 Å². The molecule has 0 fully saturated rings. The minimum Gasteiger partial charge on any atom is -0.497 e. The molecule has 0 bridgehead atoms. The largest absolute Gasteiger partial charge is 0.497 e. The lowest BCUT2D eigenvalue weighted by Crippen LogP contribution is -2.36. The van der Waals surface area contributed by atoms with Gasteiger partial charge in [-0.05, 0) is 38.5 Å². The Morgan fingerprint density at radius 3 is 2.29 bits per heavy atom. The minimum atomic E-state index is 0.0344. The second-order valence-electron chi connectivity index (χ2n) is 4.26. The number of ether oxygens (including phenoxy) is 1. The SMILES string of the molecule is COc1ccc(C(C)N=C(N)NC(C)C)cc1. The molecule has 0 aromatic heterocycles. The molecule has 1 rings (SSSR count). The molecule has 0 saturated heterocycles. The van der Waals surface area contributed by atoms with E-state index in [2.05, 4.69) is 10.3 Å². The first-order valence-corrected chi connectivity index (χ1v) is 5.76. The van der Waals surface area contributed by atoms with Crippen LogP contribution in [0.25, 0.3) is 0 Å². The molecule has 4 heteroatoms. The van der Waals surface area contributed by atoms with E-state index in [9.17, 15) is 0 Å². The summed E-state index contributed by atoms with van der Waals surface area (Å²) in [5, 5.41) is 3.07. The second-order valence-corrected chi connectivity index (χ2v) is 4.26. The number of rotatable bonds is 4. The number of guanidine groups is 1. The first-order valence-electron chi connectivity index (χ1n) is 5.76. The van der Waals surface area contributed by atoms with Crippen LogP contribution in [0.15, 0.2) is 29.3 Å². The lowest BCUT2D eigenvalue weighted by molar-refractivity contribution is 0.414. The molecule has 0 radical (unpaired) electrons. The number of hydrogen-bond donors (Lipinski definition) is 2. The monoisotopic (exact) mass is 235 g/mol. The summed E-state index contributed by atoms with van der Waals surface area (Å²) >= 11 is 0. The van der Waals surface area contributed by atoms with E-state index in [0.29, 0.717) is 12.0 Å². The molecule has 0 saturated carbocycles. The van der Waals surface area contributed by atoms with Crippen molar-refractivity contribution in [2.24, 2.45) is 10.7 Å². The van der Waals surface area contributed by atoms with Crippen molar-refractivity contribution in [3.8, 4) is 5.75 Å². The van der Waals surface area contributed by atoms with E-state index in [-0.39, 0.29) is 6.04 Å². The van der Waals surface area contributed by atoms with Crippen LogP contribution in [0.1, 0.15) is 32.4 Å². The molecule has 1 aromatic carbocycles. The molecule has 17 heavy (non-hydrogen) atoms. The van der Waals surface area contributed by atoms with Crippen LogP contribution in [-0.4, -0.2) is 19.1 Å². The molecule has 0 aliphatic carbocycles. The van der Waals surface area contributed by atoms with Gasteiger partial charge in [-0.3, -0.25) is 0 Å². The molecule has 1 aromatic rings. The van der Waals surface area contributed by atoms with Gasteiger partial charge in [0.2, 0.25) is 0 Å². The van der Waals surface area contributed by atoms with Crippen molar-refractivity contribution < 1.29 is 4.74 Å². The smallest absolute Gasteiger partial charge is 0.189 e. The summed E-state index contributed by atoms with van der Waals surface area (Å²) in [5.74, 6) is 1.32. The van der Waals surface area contributed by atoms with E-state index in [4.69, 9.17) is 10.5 Å². The van der Waals surface area contributed by atoms with Crippen LogP contribution in [0.2, 0.25) is 0 Å². The van der Waals surface area contributed by atoms with Crippen molar-refractivity contribution in [2.45, 2.75) is 32.9 Å². The fraction of sp³-hybridized carbons (Fsp3) is 0.462. The molecule has 3 N–H and O–H groups in total. The molecule has 4 nitrogen and oxygen atoms in total. The van der Waals surface area contributed by atoms with Gasteiger partial charge in [0.05, 0.1) is 13.2 Å². The molecule has 0 heterocycles. The van der Waals surface area contributed by atoms with Crippen molar-refractivity contribution in [2.75, 3.05) is 7.11 Å². The Morgan fingerprint density at radius 2 is 1.82 bits per heavy atom. The van der Waals surface area contributed by atoms with Gasteiger partial charge in [-0.1, -0.05) is 12.1 Å². The van der Waals surface area contributed by atoms with E-state index < -0.39 is 0 Å². The van der Waals surface area contributed by atoms with Gasteiger partial charge >= 0.3 is 0 Å². The molecule has 1 atom stereocenters. The van der Waals surface area contributed by atoms with Crippen molar-refractivity contribution >= 4 is 5.96 Å². The van der Waals surface area contributed by atoms with Crippen LogP contribution in [0.5, 0.6) is 5.75 Å². The van der Waals surface area contributed by atoms with Crippen LogP contribution in [0.3, 0.4) is 0 Å². The first-order chi connectivity index (χ1) is 8.02. The molecule has 0 spiro atoms. The zero-order valence-corrected chi connectivity index (χ0v) is 10.9. The topological polar surface area (TPSA) is 59.6 Å². The first kappa shape index (κ1) is 13.4. The summed E-state index contributed by atoms with van der Waals surface area (Å²) < 4.78 is 5.11. The molecule has 94 valence electrons. The fourth-order valence-electron chi connectivity index (χ4n) is 1.50. The number of benzene rings is 1. The Kier molecular flexibility index (Phi) is 4.82. The highest BCUT2D eigenvalue weighted by molar-refractivity contribution is 5.78. The van der Waals surface area contributed by atoms with Crippen molar-refractivity contribution in [1.82, 2.24) is 5.32 Å². The van der Waals surface area contributed by atoms with E-state index in [1.807, 2.05) is 45.0 Å². The highest BCUT2D eigenvalue weighted by atomic mass is 16.5. The Labute approximate surface area is 103 Å². The van der Waals surface area contributed by atoms with Gasteiger partial charge in [-0.2, -0.15) is 0 Å². The van der Waals surface area contributed by atoms with E-state index in [0.717, 1.165) is 11.3 Å². The Balaban J connectivity index is 2.71. The second kappa shape index (κ2) is 6.13. The third kappa shape index (κ3) is 4.34. The summed E-state index contributed by atoms with van der Waals surface area (Å²) in [6.07, 6.45) is 0. The van der Waals surface area contributed by atoms with Gasteiger partial charge in [-0.25, -0.2) is 4.99 Å². The normalized spacial score (nSPS) is 13.6. The maximum atomic E-state index is 5.78. The summed E-state index contributed by atoms with van der Waals surface area (Å²) in [7, 11) is 1.65. The van der Waals surface area contributed by atoms with E-state index in [1.54, 1.807) is 7.11 Å². The molecule has 1 unspecified atom stereocenters. The van der Waals surface area contributed by atoms with Crippen molar-refractivity contribution in [3.05, 3.63) is 29.8 Å². The molecule has 0 aliphatic rings. The maximum absolute atomic E-state index is 5.78. The van der Waals surface area contributed by atoms with Gasteiger partial charge in [0.1, 0.15) is 5.75 Å². The molecule has 0 aliphatic heterocycles. The maximum Gasteiger partial charge on any atom is 0.189 e. The van der Waals surface area contributed by atoms with Crippen LogP contribution in [0, 0.1) is 0 Å². The lowest BCUT2D eigenvalue weighted by Gasteiger charge is -2.12. The number of nitrogens with one attached hydrogen (secondary N) is 1. The Morgan fingerprint density at radius 1 is 1.24 bits per heavy atom. The molecule has 0 amide bonds. The van der Waals surface area contributed by atoms with Crippen molar-refractivity contribution in [1.29, 1.82) is 0 Å². The third-order valence-electron chi connectivity index (χ3n) is 2.37. The number of nitrogens with two attached hydrogens (primary N) is 1. The quantitative estimate of drug-likeness (QED) is 0.620. The van der Waals surface area contributed by atoms with Gasteiger partial charge in [0, 0.05) is 6.04 Å². The highest BCUT2D eigenvalue weighted by Crippen LogP contribution is 2.19. The number of methoxy groups -OCH3 is 1. The van der Waals surface area contributed by atoms with Crippen LogP contribution in [-0.2, 0) is 0 Å². The van der Waals surface area contributed by atoms with Gasteiger partial charge in [0.25, 0.3) is 0 Å². The van der Waals surface area contributed by atoms with E-state index in [1.165, 1.54) is 0 Å². The van der Waals surface area contributed by atoms with Gasteiger partial charge in [-0.15, -0.1) is 0 Å². The average molecular weight is 235 g/mol. The van der Waals surface area contributed by atoms with Crippen molar-refractivity contribution in [3.63, 3.8) is 0 Å². The van der Waals surface area contributed by atoms with Crippen LogP contribution >= 0.6 is 0 Å². The lowest BCUT2D eigenvalue weighted by atomic mass is 10.1. The van der Waals surface area contributed by atoms with Gasteiger partial charge in [0.15, 0.2) is 5.96 Å². The molecular formula is C13H21N3O. The third-order valence-corrected chi connectivity index (χ3v) is 2.37. The fourth-order valence-corrected chi connectivity index (χ4v) is 1.50. The number of hydrogen-bond acceptors (Lipinski definition) is 2. The van der Waals surface area contributed by atoms with Gasteiger partial charge < -0.3 is 15.8 Å². The Bertz CT molecular complexity index is 371. The summed E-state index contributed by atoms with van der Waals surface area (Å²) in [6, 6.07) is 8.17. The minimum absolute atomic E-state index is 0.0344. The van der Waals surface area contributed by atoms with E-state index >= 15 is 0 Å². The summed E-state index contributed by atoms with van der Waals surface area (Å²) in [5.41, 5.74) is 6.89.